The van der Waals surface area contributed by atoms with Crippen molar-refractivity contribution in [2.45, 2.75) is 6.42 Å². The average molecular weight is 168 g/mol. The molecule has 0 radical (unpaired) electrons. The molecule has 0 bridgehead atoms. The highest BCUT2D eigenvalue weighted by Crippen LogP contribution is 2.14. The van der Waals surface area contributed by atoms with E-state index in [0.29, 0.717) is 16.5 Å². The molecule has 0 saturated carbocycles. The maximum Gasteiger partial charge on any atom is 0.123 e. The summed E-state index contributed by atoms with van der Waals surface area (Å²) in [7, 11) is 0. The summed E-state index contributed by atoms with van der Waals surface area (Å²) in [5.41, 5.74) is 5.91. The Morgan fingerprint density at radius 3 is 3.00 bits per heavy atom. The van der Waals surface area contributed by atoms with Gasteiger partial charge in [0.1, 0.15) is 5.82 Å². The highest BCUT2D eigenvalue weighted by Gasteiger charge is 2.00. The van der Waals surface area contributed by atoms with E-state index >= 15 is 0 Å². The minimum Gasteiger partial charge on any atom is -0.384 e. The van der Waals surface area contributed by atoms with Crippen molar-refractivity contribution in [2.75, 3.05) is 5.73 Å². The Morgan fingerprint density at radius 2 is 2.36 bits per heavy atom. The third-order valence-corrected chi connectivity index (χ3v) is 1.53. The molecular formula is C7H6ClN3. The Balaban J connectivity index is 3.05. The third-order valence-electron chi connectivity index (χ3n) is 1.19. The number of rotatable bonds is 1. The molecule has 0 aliphatic carbocycles. The second kappa shape index (κ2) is 3.22. The van der Waals surface area contributed by atoms with Crippen molar-refractivity contribution < 1.29 is 0 Å². The fourth-order valence-electron chi connectivity index (χ4n) is 0.700. The molecule has 0 aliphatic heterocycles. The van der Waals surface area contributed by atoms with Crippen LogP contribution >= 0.6 is 11.6 Å². The van der Waals surface area contributed by atoms with Crippen LogP contribution in [0.1, 0.15) is 5.69 Å². The summed E-state index contributed by atoms with van der Waals surface area (Å²) >= 11 is 5.71. The van der Waals surface area contributed by atoms with Crippen LogP contribution in [0.5, 0.6) is 0 Å². The van der Waals surface area contributed by atoms with E-state index in [9.17, 15) is 0 Å². The number of hydrogen-bond donors (Lipinski definition) is 1. The maximum absolute atomic E-state index is 8.35. The predicted octanol–water partition coefficient (Wildman–Crippen LogP) is 1.38. The van der Waals surface area contributed by atoms with Crippen molar-refractivity contribution in [3.63, 3.8) is 0 Å². The van der Waals surface area contributed by atoms with Crippen molar-refractivity contribution in [3.8, 4) is 6.07 Å². The van der Waals surface area contributed by atoms with Gasteiger partial charge in [0.05, 0.1) is 23.2 Å². The molecule has 1 aromatic rings. The van der Waals surface area contributed by atoms with E-state index in [1.807, 2.05) is 6.07 Å². The van der Waals surface area contributed by atoms with Crippen LogP contribution in [0.25, 0.3) is 0 Å². The largest absolute Gasteiger partial charge is 0.384 e. The van der Waals surface area contributed by atoms with Crippen LogP contribution in [0.15, 0.2) is 12.1 Å². The number of anilines is 1. The number of nitrogens with two attached hydrogens (primary N) is 1. The molecule has 4 heteroatoms. The highest BCUT2D eigenvalue weighted by molar-refractivity contribution is 6.31. The van der Waals surface area contributed by atoms with Crippen molar-refractivity contribution in [2.24, 2.45) is 0 Å². The Hall–Kier alpha value is -1.27. The molecule has 56 valence electrons. The van der Waals surface area contributed by atoms with Crippen LogP contribution in [0.4, 0.5) is 5.82 Å². The summed E-state index contributed by atoms with van der Waals surface area (Å²) in [6, 6.07) is 5.19. The highest BCUT2D eigenvalue weighted by atomic mass is 35.5. The normalized spacial score (nSPS) is 9.09. The molecule has 0 fully saturated rings. The maximum atomic E-state index is 8.35. The van der Waals surface area contributed by atoms with Crippen LogP contribution in [0, 0.1) is 11.3 Å². The molecule has 11 heavy (non-hydrogen) atoms. The van der Waals surface area contributed by atoms with Gasteiger partial charge in [0, 0.05) is 0 Å². The van der Waals surface area contributed by atoms with Crippen LogP contribution < -0.4 is 5.73 Å². The Labute approximate surface area is 69.4 Å². The van der Waals surface area contributed by atoms with E-state index in [-0.39, 0.29) is 6.42 Å². The Bertz CT molecular complexity index is 303. The number of pyridine rings is 1. The number of nitrogens with zero attached hydrogens (tertiary/aromatic N) is 2. The Kier molecular flexibility index (Phi) is 2.29. The number of nitrogen functional groups attached to an aromatic ring is 1. The zero-order chi connectivity index (χ0) is 8.27. The zero-order valence-corrected chi connectivity index (χ0v) is 6.47. The lowest BCUT2D eigenvalue weighted by Gasteiger charge is -1.98. The van der Waals surface area contributed by atoms with E-state index < -0.39 is 0 Å². The zero-order valence-electron chi connectivity index (χ0n) is 5.71. The molecule has 2 N–H and O–H groups in total. The third kappa shape index (κ3) is 1.82. The SMILES string of the molecule is N#CCc1nc(N)ccc1Cl. The minimum atomic E-state index is 0.198. The minimum absolute atomic E-state index is 0.198. The molecule has 0 saturated heterocycles. The molecule has 1 aromatic heterocycles. The molecule has 0 aliphatic rings. The number of halogens is 1. The topological polar surface area (TPSA) is 62.7 Å². The molecular weight excluding hydrogens is 162 g/mol. The van der Waals surface area contributed by atoms with Gasteiger partial charge in [-0.25, -0.2) is 4.98 Å². The van der Waals surface area contributed by atoms with Crippen LogP contribution in [0.3, 0.4) is 0 Å². The van der Waals surface area contributed by atoms with E-state index in [2.05, 4.69) is 4.98 Å². The van der Waals surface area contributed by atoms with E-state index in [4.69, 9.17) is 22.6 Å². The summed E-state index contributed by atoms with van der Waals surface area (Å²) < 4.78 is 0. The summed E-state index contributed by atoms with van der Waals surface area (Å²) in [4.78, 5) is 3.89. The Morgan fingerprint density at radius 1 is 1.64 bits per heavy atom. The summed E-state index contributed by atoms with van der Waals surface area (Å²) in [5, 5.41) is 8.83. The fraction of sp³-hybridized carbons (Fsp3) is 0.143. The van der Waals surface area contributed by atoms with Crippen molar-refractivity contribution in [1.82, 2.24) is 4.98 Å². The molecule has 0 unspecified atom stereocenters. The number of aromatic nitrogens is 1. The second-order valence-electron chi connectivity index (χ2n) is 2.00. The first-order valence-corrected chi connectivity index (χ1v) is 3.39. The van der Waals surface area contributed by atoms with Gasteiger partial charge in [-0.3, -0.25) is 0 Å². The lowest BCUT2D eigenvalue weighted by atomic mass is 10.3. The molecule has 1 heterocycles. The first-order valence-electron chi connectivity index (χ1n) is 3.02. The summed E-state index contributed by atoms with van der Waals surface area (Å²) in [5.74, 6) is 0.389. The fourth-order valence-corrected chi connectivity index (χ4v) is 0.872. The van der Waals surface area contributed by atoms with Crippen molar-refractivity contribution >= 4 is 17.4 Å². The second-order valence-corrected chi connectivity index (χ2v) is 2.41. The standard InChI is InChI=1S/C7H6ClN3/c8-5-1-2-7(10)11-6(5)3-4-9/h1-2H,3H2,(H2,10,11). The molecule has 1 rings (SSSR count). The van der Waals surface area contributed by atoms with E-state index in [0.717, 1.165) is 0 Å². The van der Waals surface area contributed by atoms with Gasteiger partial charge in [-0.15, -0.1) is 0 Å². The summed E-state index contributed by atoms with van der Waals surface area (Å²) in [6.45, 7) is 0. The molecule has 0 amide bonds. The quantitative estimate of drug-likeness (QED) is 0.688. The van der Waals surface area contributed by atoms with Gasteiger partial charge in [-0.1, -0.05) is 11.6 Å². The van der Waals surface area contributed by atoms with Crippen molar-refractivity contribution in [1.29, 1.82) is 5.26 Å². The first kappa shape index (κ1) is 7.83. The van der Waals surface area contributed by atoms with E-state index in [1.54, 1.807) is 12.1 Å². The van der Waals surface area contributed by atoms with Crippen LogP contribution in [0.2, 0.25) is 5.02 Å². The summed E-state index contributed by atoms with van der Waals surface area (Å²) in [6.07, 6.45) is 0.198. The predicted molar refractivity (Wildman–Crippen MR) is 43.0 cm³/mol. The van der Waals surface area contributed by atoms with E-state index in [1.165, 1.54) is 0 Å². The van der Waals surface area contributed by atoms with Gasteiger partial charge in [-0.05, 0) is 12.1 Å². The number of nitriles is 1. The number of hydrogen-bond acceptors (Lipinski definition) is 3. The molecule has 0 spiro atoms. The monoisotopic (exact) mass is 167 g/mol. The van der Waals surface area contributed by atoms with Gasteiger partial charge >= 0.3 is 0 Å². The smallest absolute Gasteiger partial charge is 0.123 e. The molecule has 0 aromatic carbocycles. The van der Waals surface area contributed by atoms with Gasteiger partial charge in [0.2, 0.25) is 0 Å². The van der Waals surface area contributed by atoms with Gasteiger partial charge < -0.3 is 5.73 Å². The molecule has 3 nitrogen and oxygen atoms in total. The van der Waals surface area contributed by atoms with Crippen LogP contribution in [-0.2, 0) is 6.42 Å². The lowest BCUT2D eigenvalue weighted by Crippen LogP contribution is -1.95. The molecule has 0 atom stereocenters. The average Bonchev–Trinajstić information content (AvgIpc) is 1.98. The first-order chi connectivity index (χ1) is 5.24. The lowest BCUT2D eigenvalue weighted by molar-refractivity contribution is 1.12. The van der Waals surface area contributed by atoms with Gasteiger partial charge in [0.25, 0.3) is 0 Å². The van der Waals surface area contributed by atoms with Gasteiger partial charge in [0.15, 0.2) is 0 Å². The van der Waals surface area contributed by atoms with Crippen LogP contribution in [-0.4, -0.2) is 4.98 Å². The van der Waals surface area contributed by atoms with Crippen molar-refractivity contribution in [3.05, 3.63) is 22.8 Å². The van der Waals surface area contributed by atoms with Gasteiger partial charge in [-0.2, -0.15) is 5.26 Å².